The minimum absolute atomic E-state index is 0.292. The van der Waals surface area contributed by atoms with E-state index in [0.29, 0.717) is 21.6 Å². The molecule has 0 saturated carbocycles. The quantitative estimate of drug-likeness (QED) is 0.652. The van der Waals surface area contributed by atoms with E-state index in [1.807, 2.05) is 20.8 Å². The maximum atomic E-state index is 13.2. The molecular formula is C21H24N4O3S. The third-order valence-corrected chi connectivity index (χ3v) is 6.56. The number of rotatable bonds is 3. The van der Waals surface area contributed by atoms with E-state index in [-0.39, 0.29) is 5.91 Å². The first-order valence-corrected chi connectivity index (χ1v) is 10.6. The molecule has 0 fully saturated rings. The molecule has 3 aromatic heterocycles. The number of esters is 1. The Labute approximate surface area is 173 Å². The van der Waals surface area contributed by atoms with E-state index in [9.17, 15) is 9.59 Å². The van der Waals surface area contributed by atoms with E-state index in [2.05, 4.69) is 14.9 Å². The first kappa shape index (κ1) is 19.6. The zero-order chi connectivity index (χ0) is 20.7. The van der Waals surface area contributed by atoms with Gasteiger partial charge in [0.25, 0.3) is 5.91 Å². The second-order valence-electron chi connectivity index (χ2n) is 7.41. The van der Waals surface area contributed by atoms with Crippen molar-refractivity contribution in [1.82, 2.24) is 14.5 Å². The number of hydrogen-bond acceptors (Lipinski definition) is 6. The molecule has 0 aliphatic carbocycles. The van der Waals surface area contributed by atoms with Crippen LogP contribution in [0, 0.1) is 20.8 Å². The Kier molecular flexibility index (Phi) is 5.12. The number of imidazole rings is 1. The lowest BCUT2D eigenvalue weighted by Crippen LogP contribution is -2.15. The zero-order valence-corrected chi connectivity index (χ0v) is 17.9. The number of carbonyl (C=O) groups is 2. The number of thiophene rings is 1. The highest BCUT2D eigenvalue weighted by atomic mass is 32.1. The van der Waals surface area contributed by atoms with Gasteiger partial charge in [-0.15, -0.1) is 11.3 Å². The predicted molar refractivity (Wildman–Crippen MR) is 113 cm³/mol. The van der Waals surface area contributed by atoms with Crippen molar-refractivity contribution in [3.05, 3.63) is 39.2 Å². The van der Waals surface area contributed by atoms with Crippen molar-refractivity contribution in [3.8, 4) is 0 Å². The van der Waals surface area contributed by atoms with Gasteiger partial charge in [-0.3, -0.25) is 4.79 Å². The summed E-state index contributed by atoms with van der Waals surface area (Å²) in [6, 6.07) is 1.76. The number of aryl methyl sites for hydroxylation is 4. The number of ether oxygens (including phenoxy) is 1. The van der Waals surface area contributed by atoms with Gasteiger partial charge in [-0.1, -0.05) is 6.42 Å². The topological polar surface area (TPSA) is 86.1 Å². The summed E-state index contributed by atoms with van der Waals surface area (Å²) >= 11 is 1.37. The maximum absolute atomic E-state index is 13.2. The van der Waals surface area contributed by atoms with E-state index < -0.39 is 5.97 Å². The van der Waals surface area contributed by atoms with E-state index >= 15 is 0 Å². The van der Waals surface area contributed by atoms with E-state index in [1.54, 1.807) is 6.07 Å². The molecule has 0 aromatic carbocycles. The van der Waals surface area contributed by atoms with Crippen LogP contribution in [-0.4, -0.2) is 33.5 Å². The average Bonchev–Trinajstić information content (AvgIpc) is 3.05. The number of anilines is 1. The smallest absolute Gasteiger partial charge is 0.341 e. The van der Waals surface area contributed by atoms with Crippen LogP contribution in [0.4, 0.5) is 5.00 Å². The van der Waals surface area contributed by atoms with Crippen molar-refractivity contribution < 1.29 is 14.3 Å². The number of nitrogens with one attached hydrogen (secondary N) is 1. The first-order chi connectivity index (χ1) is 13.9. The summed E-state index contributed by atoms with van der Waals surface area (Å²) in [6.45, 7) is 6.53. The van der Waals surface area contributed by atoms with Gasteiger partial charge in [0, 0.05) is 23.5 Å². The highest BCUT2D eigenvalue weighted by molar-refractivity contribution is 7.16. The van der Waals surface area contributed by atoms with E-state index in [1.165, 1.54) is 24.9 Å². The third-order valence-electron chi connectivity index (χ3n) is 5.44. The number of nitrogens with zero attached hydrogens (tertiary/aromatic N) is 3. The summed E-state index contributed by atoms with van der Waals surface area (Å²) in [5.41, 5.74) is 3.86. The second-order valence-corrected chi connectivity index (χ2v) is 8.63. The molecule has 4 heterocycles. The molecule has 0 atom stereocenters. The first-order valence-electron chi connectivity index (χ1n) is 9.77. The van der Waals surface area contributed by atoms with Crippen molar-refractivity contribution in [1.29, 1.82) is 0 Å². The fourth-order valence-corrected chi connectivity index (χ4v) is 4.87. The molecule has 1 aliphatic rings. The van der Waals surface area contributed by atoms with Crippen LogP contribution in [0.2, 0.25) is 0 Å². The molecule has 0 bridgehead atoms. The van der Waals surface area contributed by atoms with Crippen LogP contribution in [0.1, 0.15) is 61.9 Å². The van der Waals surface area contributed by atoms with Gasteiger partial charge in [0.1, 0.15) is 16.3 Å². The van der Waals surface area contributed by atoms with Crippen LogP contribution in [-0.2, 0) is 17.7 Å². The van der Waals surface area contributed by atoms with Crippen molar-refractivity contribution in [2.45, 2.75) is 53.0 Å². The molecule has 29 heavy (non-hydrogen) atoms. The van der Waals surface area contributed by atoms with Crippen LogP contribution >= 0.6 is 11.3 Å². The minimum Gasteiger partial charge on any atom is -0.465 e. The van der Waals surface area contributed by atoms with Crippen LogP contribution in [0.3, 0.4) is 0 Å². The van der Waals surface area contributed by atoms with E-state index in [4.69, 9.17) is 9.72 Å². The Hall–Kier alpha value is -2.74. The molecule has 0 spiro atoms. The SMILES string of the molecule is COC(=O)c1c(NC(=O)c2cc(C)nc3c2nc2n3CCCCC2)sc(C)c1C. The summed E-state index contributed by atoms with van der Waals surface area (Å²) in [6.07, 6.45) is 4.26. The number of methoxy groups -OCH3 is 1. The summed E-state index contributed by atoms with van der Waals surface area (Å²) in [4.78, 5) is 35.8. The van der Waals surface area contributed by atoms with Crippen LogP contribution in [0.25, 0.3) is 11.2 Å². The summed E-state index contributed by atoms with van der Waals surface area (Å²) in [5.74, 6) is 0.245. The molecule has 1 N–H and O–H groups in total. The predicted octanol–water partition coefficient (Wildman–Crippen LogP) is 4.18. The van der Waals surface area contributed by atoms with Crippen molar-refractivity contribution in [2.75, 3.05) is 12.4 Å². The molecule has 152 valence electrons. The molecule has 1 aliphatic heterocycles. The maximum Gasteiger partial charge on any atom is 0.341 e. The summed E-state index contributed by atoms with van der Waals surface area (Å²) < 4.78 is 7.05. The summed E-state index contributed by atoms with van der Waals surface area (Å²) in [7, 11) is 1.34. The van der Waals surface area contributed by atoms with Gasteiger partial charge in [0.05, 0.1) is 18.2 Å². The Morgan fingerprint density at radius 3 is 2.72 bits per heavy atom. The monoisotopic (exact) mass is 412 g/mol. The van der Waals surface area contributed by atoms with E-state index in [0.717, 1.165) is 53.4 Å². The van der Waals surface area contributed by atoms with Gasteiger partial charge >= 0.3 is 5.97 Å². The molecule has 3 aromatic rings. The zero-order valence-electron chi connectivity index (χ0n) is 17.1. The fourth-order valence-electron chi connectivity index (χ4n) is 3.82. The third kappa shape index (κ3) is 3.42. The van der Waals surface area contributed by atoms with Crippen molar-refractivity contribution in [2.24, 2.45) is 0 Å². The Morgan fingerprint density at radius 1 is 1.17 bits per heavy atom. The Balaban J connectivity index is 1.77. The Bertz CT molecular complexity index is 1130. The average molecular weight is 413 g/mol. The number of carbonyl (C=O) groups excluding carboxylic acids is 2. The number of fused-ring (bicyclic) bond motifs is 3. The molecule has 7 nitrogen and oxygen atoms in total. The molecule has 8 heteroatoms. The fraction of sp³-hybridized carbons (Fsp3) is 0.429. The van der Waals surface area contributed by atoms with Crippen LogP contribution in [0.5, 0.6) is 0 Å². The molecular weight excluding hydrogens is 388 g/mol. The lowest BCUT2D eigenvalue weighted by molar-refractivity contribution is 0.0601. The molecule has 0 unspecified atom stereocenters. The number of aromatic nitrogens is 3. The molecule has 4 rings (SSSR count). The lowest BCUT2D eigenvalue weighted by atomic mass is 10.1. The number of amides is 1. The van der Waals surface area contributed by atoms with Gasteiger partial charge in [-0.25, -0.2) is 14.8 Å². The molecule has 0 saturated heterocycles. The van der Waals surface area contributed by atoms with Gasteiger partial charge in [0.2, 0.25) is 0 Å². The molecule has 0 radical (unpaired) electrons. The number of pyridine rings is 1. The normalized spacial score (nSPS) is 13.8. The highest BCUT2D eigenvalue weighted by Gasteiger charge is 2.25. The van der Waals surface area contributed by atoms with Crippen molar-refractivity contribution >= 4 is 39.4 Å². The van der Waals surface area contributed by atoms with Crippen LogP contribution < -0.4 is 5.32 Å². The lowest BCUT2D eigenvalue weighted by Gasteiger charge is -2.08. The largest absolute Gasteiger partial charge is 0.465 e. The summed E-state index contributed by atoms with van der Waals surface area (Å²) in [5, 5.41) is 3.42. The molecule has 1 amide bonds. The highest BCUT2D eigenvalue weighted by Crippen LogP contribution is 2.34. The van der Waals surface area contributed by atoms with Gasteiger partial charge in [-0.05, 0) is 45.2 Å². The van der Waals surface area contributed by atoms with Gasteiger partial charge < -0.3 is 14.6 Å². The standard InChI is InChI=1S/C21H24N4O3S/c1-11-10-14(17-18(22-11)25-9-7-5-6-8-15(25)23-17)19(26)24-20-16(21(27)28-4)12(2)13(3)29-20/h10H,5-9H2,1-4H3,(H,24,26). The second kappa shape index (κ2) is 7.59. The van der Waals surface area contributed by atoms with Gasteiger partial charge in [0.15, 0.2) is 5.65 Å². The minimum atomic E-state index is -0.452. The van der Waals surface area contributed by atoms with Crippen LogP contribution in [0.15, 0.2) is 6.07 Å². The Morgan fingerprint density at radius 2 is 1.97 bits per heavy atom. The van der Waals surface area contributed by atoms with Gasteiger partial charge in [-0.2, -0.15) is 0 Å². The number of hydrogen-bond donors (Lipinski definition) is 1. The van der Waals surface area contributed by atoms with Crippen molar-refractivity contribution in [3.63, 3.8) is 0 Å².